The smallest absolute Gasteiger partial charge is 0.154 e. The number of nitrogens with two attached hydrogens (primary N) is 1. The van der Waals surface area contributed by atoms with Gasteiger partial charge in [-0.05, 0) is 57.0 Å². The predicted octanol–water partition coefficient (Wildman–Crippen LogP) is 2.86. The van der Waals surface area contributed by atoms with Crippen LogP contribution in [0.1, 0.15) is 25.8 Å². The summed E-state index contributed by atoms with van der Waals surface area (Å²) in [6.07, 6.45) is 6.16. The number of anilines is 1. The first-order chi connectivity index (χ1) is 13.1. The number of hydrogen-bond acceptors (Lipinski definition) is 6. The van der Waals surface area contributed by atoms with Gasteiger partial charge in [-0.1, -0.05) is 12.1 Å². The van der Waals surface area contributed by atoms with E-state index in [0.29, 0.717) is 29.0 Å². The first-order valence-corrected chi connectivity index (χ1v) is 9.30. The van der Waals surface area contributed by atoms with Gasteiger partial charge in [0.1, 0.15) is 5.75 Å². The number of piperidine rings is 1. The Morgan fingerprint density at radius 3 is 2.74 bits per heavy atom. The van der Waals surface area contributed by atoms with E-state index in [-0.39, 0.29) is 5.75 Å². The lowest BCUT2D eigenvalue weighted by molar-refractivity contribution is 0.261. The second-order valence-electron chi connectivity index (χ2n) is 7.08. The lowest BCUT2D eigenvalue weighted by Crippen LogP contribution is -2.31. The molecule has 1 fully saturated rings. The number of para-hydroxylation sites is 1. The third kappa shape index (κ3) is 3.50. The topological polar surface area (TPSA) is 102 Å². The zero-order valence-corrected chi connectivity index (χ0v) is 15.3. The van der Waals surface area contributed by atoms with Gasteiger partial charge in [0.15, 0.2) is 5.82 Å². The molecule has 0 aliphatic carbocycles. The average molecular weight is 364 g/mol. The van der Waals surface area contributed by atoms with Gasteiger partial charge < -0.3 is 16.2 Å². The van der Waals surface area contributed by atoms with Crippen molar-refractivity contribution in [3.63, 3.8) is 0 Å². The number of nitrogens with one attached hydrogen (secondary N) is 1. The van der Waals surface area contributed by atoms with Crippen molar-refractivity contribution < 1.29 is 5.11 Å². The molecule has 1 atom stereocenters. The van der Waals surface area contributed by atoms with E-state index in [4.69, 9.17) is 5.73 Å². The molecule has 0 spiro atoms. The van der Waals surface area contributed by atoms with Crippen LogP contribution in [0.2, 0.25) is 0 Å². The Kier molecular flexibility index (Phi) is 4.77. The second-order valence-corrected chi connectivity index (χ2v) is 7.08. The van der Waals surface area contributed by atoms with Crippen LogP contribution < -0.4 is 11.1 Å². The Morgan fingerprint density at radius 1 is 1.19 bits per heavy atom. The van der Waals surface area contributed by atoms with Crippen molar-refractivity contribution in [2.45, 2.75) is 25.8 Å². The SMILES string of the molecule is C[C@H](C1CCNCC1)n1cc(-c2cc(-c3ccccc3O)nnc2N)cn1. The van der Waals surface area contributed by atoms with Crippen LogP contribution >= 0.6 is 0 Å². The Hall–Kier alpha value is -2.93. The molecule has 140 valence electrons. The van der Waals surface area contributed by atoms with Gasteiger partial charge in [0.2, 0.25) is 0 Å². The highest BCUT2D eigenvalue weighted by Crippen LogP contribution is 2.33. The molecule has 0 saturated carbocycles. The van der Waals surface area contributed by atoms with Gasteiger partial charge in [-0.2, -0.15) is 5.10 Å². The van der Waals surface area contributed by atoms with Crippen LogP contribution in [-0.2, 0) is 0 Å². The van der Waals surface area contributed by atoms with Crippen molar-refractivity contribution in [2.75, 3.05) is 18.8 Å². The standard InChI is InChI=1S/C20H24N6O/c1-13(14-6-8-22-9-7-14)26-12-15(11-23-26)17-10-18(24-25-20(17)21)16-4-2-3-5-19(16)27/h2-5,10-14,22,27H,6-9H2,1H3,(H2,21,25)/t13-/m1/s1. The number of benzene rings is 1. The number of nitrogens with zero attached hydrogens (tertiary/aromatic N) is 4. The Labute approximate surface area is 158 Å². The van der Waals surface area contributed by atoms with Crippen molar-refractivity contribution in [3.05, 3.63) is 42.7 Å². The molecule has 4 rings (SSSR count). The normalized spacial score (nSPS) is 16.3. The summed E-state index contributed by atoms with van der Waals surface area (Å²) in [5.74, 6) is 1.13. The zero-order chi connectivity index (χ0) is 18.8. The lowest BCUT2D eigenvalue weighted by Gasteiger charge is -2.28. The van der Waals surface area contributed by atoms with Gasteiger partial charge in [0, 0.05) is 22.9 Å². The Bertz CT molecular complexity index is 932. The van der Waals surface area contributed by atoms with E-state index >= 15 is 0 Å². The zero-order valence-electron chi connectivity index (χ0n) is 15.3. The fraction of sp³-hybridized carbons (Fsp3) is 0.350. The van der Waals surface area contributed by atoms with Crippen molar-refractivity contribution in [3.8, 4) is 28.1 Å². The summed E-state index contributed by atoms with van der Waals surface area (Å²) in [4.78, 5) is 0. The van der Waals surface area contributed by atoms with Crippen molar-refractivity contribution in [1.82, 2.24) is 25.3 Å². The number of aromatic nitrogens is 4. The molecule has 0 amide bonds. The van der Waals surface area contributed by atoms with E-state index in [0.717, 1.165) is 37.1 Å². The van der Waals surface area contributed by atoms with Gasteiger partial charge in [-0.25, -0.2) is 0 Å². The first kappa shape index (κ1) is 17.5. The molecule has 27 heavy (non-hydrogen) atoms. The minimum absolute atomic E-state index is 0.165. The molecule has 3 aromatic rings. The maximum atomic E-state index is 10.1. The maximum absolute atomic E-state index is 10.1. The van der Waals surface area contributed by atoms with E-state index in [1.54, 1.807) is 12.1 Å². The van der Waals surface area contributed by atoms with Gasteiger partial charge in [-0.15, -0.1) is 10.2 Å². The number of rotatable bonds is 4. The molecule has 4 N–H and O–H groups in total. The van der Waals surface area contributed by atoms with Crippen molar-refractivity contribution >= 4 is 5.82 Å². The Morgan fingerprint density at radius 2 is 1.96 bits per heavy atom. The van der Waals surface area contributed by atoms with E-state index in [9.17, 15) is 5.11 Å². The molecular weight excluding hydrogens is 340 g/mol. The molecule has 1 saturated heterocycles. The third-order valence-corrected chi connectivity index (χ3v) is 5.40. The molecule has 7 heteroatoms. The fourth-order valence-corrected chi connectivity index (χ4v) is 3.70. The minimum Gasteiger partial charge on any atom is -0.507 e. The predicted molar refractivity (Wildman–Crippen MR) is 105 cm³/mol. The van der Waals surface area contributed by atoms with Crippen molar-refractivity contribution in [2.24, 2.45) is 5.92 Å². The molecule has 2 aromatic heterocycles. The number of phenolic OH excluding ortho intramolecular Hbond substituents is 1. The molecule has 1 aromatic carbocycles. The van der Waals surface area contributed by atoms with Gasteiger partial charge in [0.05, 0.1) is 17.9 Å². The quantitative estimate of drug-likeness (QED) is 0.658. The summed E-state index contributed by atoms with van der Waals surface area (Å²) >= 11 is 0. The summed E-state index contributed by atoms with van der Waals surface area (Å²) in [6.45, 7) is 4.34. The molecule has 1 aliphatic heterocycles. The van der Waals surface area contributed by atoms with E-state index in [1.807, 2.05) is 35.3 Å². The van der Waals surface area contributed by atoms with E-state index < -0.39 is 0 Å². The van der Waals surface area contributed by atoms with Gasteiger partial charge >= 0.3 is 0 Å². The summed E-state index contributed by atoms with van der Waals surface area (Å²) in [5.41, 5.74) is 8.96. The monoisotopic (exact) mass is 364 g/mol. The van der Waals surface area contributed by atoms with Crippen LogP contribution in [-0.4, -0.2) is 38.2 Å². The van der Waals surface area contributed by atoms with Crippen LogP contribution in [0, 0.1) is 5.92 Å². The van der Waals surface area contributed by atoms with E-state index in [2.05, 4.69) is 27.5 Å². The van der Waals surface area contributed by atoms with Crippen LogP contribution in [0.15, 0.2) is 42.7 Å². The number of nitrogen functional groups attached to an aromatic ring is 1. The van der Waals surface area contributed by atoms with E-state index in [1.165, 1.54) is 0 Å². The Balaban J connectivity index is 1.65. The fourth-order valence-electron chi connectivity index (χ4n) is 3.70. The van der Waals surface area contributed by atoms with Crippen LogP contribution in [0.3, 0.4) is 0 Å². The number of aromatic hydroxyl groups is 1. The van der Waals surface area contributed by atoms with Gasteiger partial charge in [0.25, 0.3) is 0 Å². The highest BCUT2D eigenvalue weighted by molar-refractivity contribution is 5.78. The average Bonchev–Trinajstić information content (AvgIpc) is 3.19. The maximum Gasteiger partial charge on any atom is 0.154 e. The molecule has 0 bridgehead atoms. The first-order valence-electron chi connectivity index (χ1n) is 9.30. The molecular formula is C20H24N6O. The summed E-state index contributed by atoms with van der Waals surface area (Å²) in [6, 6.07) is 9.25. The lowest BCUT2D eigenvalue weighted by atomic mass is 9.91. The molecule has 7 nitrogen and oxygen atoms in total. The van der Waals surface area contributed by atoms with Crippen molar-refractivity contribution in [1.29, 1.82) is 0 Å². The summed E-state index contributed by atoms with van der Waals surface area (Å²) in [5, 5.41) is 26.3. The third-order valence-electron chi connectivity index (χ3n) is 5.40. The number of phenols is 1. The summed E-state index contributed by atoms with van der Waals surface area (Å²) < 4.78 is 2.02. The molecule has 3 heterocycles. The van der Waals surface area contributed by atoms with Crippen LogP contribution in [0.4, 0.5) is 5.82 Å². The largest absolute Gasteiger partial charge is 0.507 e. The highest BCUT2D eigenvalue weighted by Gasteiger charge is 2.22. The van der Waals surface area contributed by atoms with Gasteiger partial charge in [-0.3, -0.25) is 4.68 Å². The van der Waals surface area contributed by atoms with Crippen LogP contribution in [0.25, 0.3) is 22.4 Å². The number of hydrogen-bond donors (Lipinski definition) is 3. The highest BCUT2D eigenvalue weighted by atomic mass is 16.3. The minimum atomic E-state index is 0.165. The molecule has 1 aliphatic rings. The summed E-state index contributed by atoms with van der Waals surface area (Å²) in [7, 11) is 0. The molecule has 0 unspecified atom stereocenters. The molecule has 0 radical (unpaired) electrons. The second kappa shape index (κ2) is 7.36. The van der Waals surface area contributed by atoms with Crippen LogP contribution in [0.5, 0.6) is 5.75 Å².